The Labute approximate surface area is 91.9 Å². The molecule has 3 aliphatic rings. The summed E-state index contributed by atoms with van der Waals surface area (Å²) in [5.41, 5.74) is 5.94. The molecule has 2 aliphatic carbocycles. The van der Waals surface area contributed by atoms with Crippen molar-refractivity contribution in [2.24, 2.45) is 11.7 Å². The Morgan fingerprint density at radius 3 is 2.87 bits per heavy atom. The molecular weight excluding hydrogens is 188 g/mol. The van der Waals surface area contributed by atoms with E-state index in [-0.39, 0.29) is 0 Å². The van der Waals surface area contributed by atoms with E-state index in [1.807, 2.05) is 0 Å². The molecule has 3 fully saturated rings. The number of ether oxygens (including phenoxy) is 1. The molecular formula is C12H22N2O. The molecule has 3 unspecified atom stereocenters. The molecule has 0 radical (unpaired) electrons. The van der Waals surface area contributed by atoms with Crippen molar-refractivity contribution in [2.75, 3.05) is 19.7 Å². The monoisotopic (exact) mass is 210 g/mol. The summed E-state index contributed by atoms with van der Waals surface area (Å²) in [5.74, 6) is 0.898. The summed E-state index contributed by atoms with van der Waals surface area (Å²) < 4.78 is 5.84. The first kappa shape index (κ1) is 10.1. The third kappa shape index (κ3) is 1.81. The van der Waals surface area contributed by atoms with Gasteiger partial charge in [0.05, 0.1) is 12.7 Å². The van der Waals surface area contributed by atoms with Gasteiger partial charge in [-0.1, -0.05) is 0 Å². The smallest absolute Gasteiger partial charge is 0.0731 e. The Bertz CT molecular complexity index is 228. The Morgan fingerprint density at radius 2 is 2.13 bits per heavy atom. The van der Waals surface area contributed by atoms with Crippen LogP contribution < -0.4 is 5.73 Å². The third-order valence-corrected chi connectivity index (χ3v) is 4.36. The van der Waals surface area contributed by atoms with E-state index < -0.39 is 0 Å². The number of rotatable bonds is 3. The van der Waals surface area contributed by atoms with E-state index >= 15 is 0 Å². The van der Waals surface area contributed by atoms with Crippen LogP contribution in [-0.4, -0.2) is 42.8 Å². The molecule has 3 atom stereocenters. The molecule has 0 spiro atoms. The number of morpholine rings is 1. The average molecular weight is 210 g/mol. The molecule has 0 aromatic carbocycles. The molecule has 3 heteroatoms. The highest BCUT2D eigenvalue weighted by Gasteiger charge is 2.43. The van der Waals surface area contributed by atoms with Crippen molar-refractivity contribution in [1.29, 1.82) is 0 Å². The van der Waals surface area contributed by atoms with Gasteiger partial charge in [0.25, 0.3) is 0 Å². The number of hydrogen-bond acceptors (Lipinski definition) is 3. The Balaban J connectivity index is 1.71. The van der Waals surface area contributed by atoms with Gasteiger partial charge in [0.1, 0.15) is 0 Å². The minimum atomic E-state index is 0.520. The Morgan fingerprint density at radius 1 is 1.27 bits per heavy atom. The Hall–Kier alpha value is -0.120. The van der Waals surface area contributed by atoms with Crippen LogP contribution in [0.4, 0.5) is 0 Å². The van der Waals surface area contributed by atoms with Gasteiger partial charge in [-0.05, 0) is 38.0 Å². The highest BCUT2D eigenvalue weighted by atomic mass is 16.5. The molecule has 15 heavy (non-hydrogen) atoms. The van der Waals surface area contributed by atoms with Gasteiger partial charge in [-0.2, -0.15) is 0 Å². The fourth-order valence-corrected chi connectivity index (χ4v) is 3.45. The van der Waals surface area contributed by atoms with Gasteiger partial charge in [0, 0.05) is 25.2 Å². The Kier molecular flexibility index (Phi) is 2.71. The third-order valence-electron chi connectivity index (χ3n) is 4.36. The van der Waals surface area contributed by atoms with Crippen molar-refractivity contribution < 1.29 is 4.74 Å². The van der Waals surface area contributed by atoms with Gasteiger partial charge < -0.3 is 10.5 Å². The first-order valence-electron chi connectivity index (χ1n) is 6.47. The van der Waals surface area contributed by atoms with Crippen LogP contribution in [0, 0.1) is 5.92 Å². The first-order chi connectivity index (χ1) is 7.40. The summed E-state index contributed by atoms with van der Waals surface area (Å²) in [7, 11) is 0. The van der Waals surface area contributed by atoms with Crippen molar-refractivity contribution in [3.8, 4) is 0 Å². The quantitative estimate of drug-likeness (QED) is 0.754. The van der Waals surface area contributed by atoms with Crippen LogP contribution in [0.2, 0.25) is 0 Å². The fraction of sp³-hybridized carbons (Fsp3) is 1.00. The predicted molar refractivity (Wildman–Crippen MR) is 59.7 cm³/mol. The van der Waals surface area contributed by atoms with Crippen LogP contribution in [0.1, 0.15) is 32.1 Å². The molecule has 0 aromatic rings. The lowest BCUT2D eigenvalue weighted by atomic mass is 10.0. The zero-order chi connectivity index (χ0) is 10.3. The van der Waals surface area contributed by atoms with Crippen LogP contribution in [0.3, 0.4) is 0 Å². The van der Waals surface area contributed by atoms with E-state index in [4.69, 9.17) is 10.5 Å². The summed E-state index contributed by atoms with van der Waals surface area (Å²) in [6.45, 7) is 2.87. The SMILES string of the molecule is NCC(C1CC1)N1CCOC2CCCC21. The molecule has 1 saturated heterocycles. The zero-order valence-electron chi connectivity index (χ0n) is 9.40. The topological polar surface area (TPSA) is 38.5 Å². The number of hydrogen-bond donors (Lipinski definition) is 1. The van der Waals surface area contributed by atoms with E-state index in [0.29, 0.717) is 18.2 Å². The largest absolute Gasteiger partial charge is 0.375 e. The van der Waals surface area contributed by atoms with Crippen LogP contribution in [-0.2, 0) is 4.74 Å². The summed E-state index contributed by atoms with van der Waals surface area (Å²) in [6.07, 6.45) is 7.25. The van der Waals surface area contributed by atoms with E-state index in [1.165, 1.54) is 32.1 Å². The van der Waals surface area contributed by atoms with Crippen LogP contribution >= 0.6 is 0 Å². The number of fused-ring (bicyclic) bond motifs is 1. The maximum atomic E-state index is 5.94. The average Bonchev–Trinajstić information content (AvgIpc) is 2.97. The normalized spacial score (nSPS) is 39.0. The predicted octanol–water partition coefficient (Wildman–Crippen LogP) is 0.977. The maximum absolute atomic E-state index is 5.94. The molecule has 2 N–H and O–H groups in total. The van der Waals surface area contributed by atoms with Crippen LogP contribution in [0.15, 0.2) is 0 Å². The summed E-state index contributed by atoms with van der Waals surface area (Å²) >= 11 is 0. The molecule has 0 amide bonds. The molecule has 2 saturated carbocycles. The summed E-state index contributed by atoms with van der Waals surface area (Å²) in [6, 6.07) is 1.34. The second kappa shape index (κ2) is 4.04. The minimum absolute atomic E-state index is 0.520. The summed E-state index contributed by atoms with van der Waals surface area (Å²) in [5, 5.41) is 0. The second-order valence-electron chi connectivity index (χ2n) is 5.29. The van der Waals surface area contributed by atoms with Gasteiger partial charge in [-0.15, -0.1) is 0 Å². The van der Waals surface area contributed by atoms with Gasteiger partial charge in [0.15, 0.2) is 0 Å². The van der Waals surface area contributed by atoms with Crippen molar-refractivity contribution >= 4 is 0 Å². The number of nitrogens with two attached hydrogens (primary N) is 1. The minimum Gasteiger partial charge on any atom is -0.375 e. The fourth-order valence-electron chi connectivity index (χ4n) is 3.45. The summed E-state index contributed by atoms with van der Waals surface area (Å²) in [4.78, 5) is 2.68. The zero-order valence-corrected chi connectivity index (χ0v) is 9.40. The van der Waals surface area contributed by atoms with Crippen molar-refractivity contribution in [1.82, 2.24) is 4.90 Å². The lowest BCUT2D eigenvalue weighted by Gasteiger charge is -2.42. The maximum Gasteiger partial charge on any atom is 0.0731 e. The van der Waals surface area contributed by atoms with E-state index in [2.05, 4.69) is 4.90 Å². The molecule has 0 aromatic heterocycles. The highest BCUT2D eigenvalue weighted by Crippen LogP contribution is 2.39. The van der Waals surface area contributed by atoms with Crippen LogP contribution in [0.5, 0.6) is 0 Å². The molecule has 1 aliphatic heterocycles. The first-order valence-corrected chi connectivity index (χ1v) is 6.47. The van der Waals surface area contributed by atoms with Gasteiger partial charge in [0.2, 0.25) is 0 Å². The number of nitrogens with zero attached hydrogens (tertiary/aromatic N) is 1. The second-order valence-corrected chi connectivity index (χ2v) is 5.29. The molecule has 86 valence electrons. The lowest BCUT2D eigenvalue weighted by molar-refractivity contribution is -0.0734. The standard InChI is InChI=1S/C12H22N2O/c13-8-11(9-4-5-9)14-6-7-15-12-3-1-2-10(12)14/h9-12H,1-8,13H2. The molecule has 0 bridgehead atoms. The molecule has 1 heterocycles. The van der Waals surface area contributed by atoms with Crippen molar-refractivity contribution in [3.63, 3.8) is 0 Å². The van der Waals surface area contributed by atoms with Crippen molar-refractivity contribution in [3.05, 3.63) is 0 Å². The van der Waals surface area contributed by atoms with E-state index in [1.54, 1.807) is 0 Å². The van der Waals surface area contributed by atoms with Crippen LogP contribution in [0.25, 0.3) is 0 Å². The van der Waals surface area contributed by atoms with Crippen molar-refractivity contribution in [2.45, 2.75) is 50.3 Å². The van der Waals surface area contributed by atoms with E-state index in [0.717, 1.165) is 25.6 Å². The highest BCUT2D eigenvalue weighted by molar-refractivity contribution is 4.97. The molecule has 3 nitrogen and oxygen atoms in total. The molecule has 3 rings (SSSR count). The lowest BCUT2D eigenvalue weighted by Crippen LogP contribution is -2.55. The van der Waals surface area contributed by atoms with E-state index in [9.17, 15) is 0 Å². The van der Waals surface area contributed by atoms with Gasteiger partial charge in [-0.25, -0.2) is 0 Å². The van der Waals surface area contributed by atoms with Gasteiger partial charge in [-0.3, -0.25) is 4.90 Å². The van der Waals surface area contributed by atoms with Gasteiger partial charge >= 0.3 is 0 Å².